The Morgan fingerprint density at radius 2 is 2.00 bits per heavy atom. The number of esters is 1. The van der Waals surface area contributed by atoms with Crippen LogP contribution in [0.2, 0.25) is 0 Å². The molecule has 126 valence electrons. The number of nitro groups is 1. The molecule has 0 radical (unpaired) electrons. The zero-order valence-corrected chi connectivity index (χ0v) is 13.7. The SMILES string of the molecule is CC(C)(C)OC(=O)[C@@H](C(=O)C1CC1)c1c(C#N)cccc1[N+](=O)[O-]. The lowest BCUT2D eigenvalue weighted by Gasteiger charge is -2.24. The van der Waals surface area contributed by atoms with Gasteiger partial charge >= 0.3 is 5.97 Å². The topological polar surface area (TPSA) is 110 Å². The molecule has 1 fully saturated rings. The maximum atomic E-state index is 12.6. The van der Waals surface area contributed by atoms with Gasteiger partial charge in [-0.3, -0.25) is 19.7 Å². The van der Waals surface area contributed by atoms with E-state index in [0.29, 0.717) is 12.8 Å². The van der Waals surface area contributed by atoms with Gasteiger partial charge in [0, 0.05) is 12.0 Å². The van der Waals surface area contributed by atoms with Crippen molar-refractivity contribution in [2.24, 2.45) is 5.92 Å². The summed E-state index contributed by atoms with van der Waals surface area (Å²) in [6.45, 7) is 4.94. The molecular weight excluding hydrogens is 312 g/mol. The number of ether oxygens (including phenoxy) is 1. The Bertz CT molecular complexity index is 738. The van der Waals surface area contributed by atoms with Crippen molar-refractivity contribution in [2.75, 3.05) is 0 Å². The van der Waals surface area contributed by atoms with Crippen LogP contribution < -0.4 is 0 Å². The highest BCUT2D eigenvalue weighted by atomic mass is 16.6. The van der Waals surface area contributed by atoms with Crippen LogP contribution in [0.5, 0.6) is 0 Å². The van der Waals surface area contributed by atoms with Gasteiger partial charge in [0.05, 0.1) is 22.1 Å². The number of nitrogens with zero attached hydrogens (tertiary/aromatic N) is 2. The molecule has 24 heavy (non-hydrogen) atoms. The van der Waals surface area contributed by atoms with E-state index in [9.17, 15) is 25.0 Å². The second-order valence-corrected chi connectivity index (χ2v) is 6.75. The van der Waals surface area contributed by atoms with Gasteiger partial charge in [-0.25, -0.2) is 0 Å². The summed E-state index contributed by atoms with van der Waals surface area (Å²) < 4.78 is 5.30. The average molecular weight is 330 g/mol. The molecule has 2 rings (SSSR count). The predicted octanol–water partition coefficient (Wildman–Crippen LogP) is 2.87. The number of rotatable bonds is 5. The first-order valence-corrected chi connectivity index (χ1v) is 7.59. The quantitative estimate of drug-likeness (QED) is 0.355. The summed E-state index contributed by atoms with van der Waals surface area (Å²) in [7, 11) is 0. The van der Waals surface area contributed by atoms with Crippen molar-refractivity contribution >= 4 is 17.4 Å². The maximum Gasteiger partial charge on any atom is 0.321 e. The van der Waals surface area contributed by atoms with Gasteiger partial charge in [0.25, 0.3) is 5.69 Å². The second-order valence-electron chi connectivity index (χ2n) is 6.75. The first-order valence-electron chi connectivity index (χ1n) is 7.59. The fraction of sp³-hybridized carbons (Fsp3) is 0.471. The van der Waals surface area contributed by atoms with Crippen LogP contribution in [0, 0.1) is 27.4 Å². The van der Waals surface area contributed by atoms with Gasteiger partial charge in [-0.15, -0.1) is 0 Å². The van der Waals surface area contributed by atoms with Gasteiger partial charge in [-0.05, 0) is 39.7 Å². The van der Waals surface area contributed by atoms with Crippen LogP contribution in [0.4, 0.5) is 5.69 Å². The molecular formula is C17H18N2O5. The summed E-state index contributed by atoms with van der Waals surface area (Å²) in [6.07, 6.45) is 1.28. The molecule has 0 aliphatic heterocycles. The molecule has 0 heterocycles. The molecule has 0 amide bonds. The standard InChI is InChI=1S/C17H18N2O5/c1-17(2,3)24-16(21)14(15(20)10-7-8-10)13-11(9-18)5-4-6-12(13)19(22)23/h4-6,10,14H,7-8H2,1-3H3/t14-/m1/s1. The van der Waals surface area contributed by atoms with Gasteiger partial charge in [-0.1, -0.05) is 6.07 Å². The molecule has 0 unspecified atom stereocenters. The van der Waals surface area contributed by atoms with Crippen LogP contribution in [0.25, 0.3) is 0 Å². The Labute approximate surface area is 139 Å². The van der Waals surface area contributed by atoms with E-state index in [0.717, 1.165) is 0 Å². The molecule has 1 aromatic rings. The van der Waals surface area contributed by atoms with Crippen molar-refractivity contribution in [1.29, 1.82) is 5.26 Å². The van der Waals surface area contributed by atoms with Crippen molar-refractivity contribution in [3.63, 3.8) is 0 Å². The number of Topliss-reactive ketones (excluding diaryl/α,β-unsaturated/α-hetero) is 1. The molecule has 1 atom stereocenters. The number of benzene rings is 1. The number of nitro benzene ring substituents is 1. The van der Waals surface area contributed by atoms with Crippen molar-refractivity contribution in [3.8, 4) is 6.07 Å². The Hall–Kier alpha value is -2.75. The van der Waals surface area contributed by atoms with E-state index in [-0.39, 0.29) is 17.0 Å². The highest BCUT2D eigenvalue weighted by molar-refractivity contribution is 6.07. The maximum absolute atomic E-state index is 12.6. The van der Waals surface area contributed by atoms with Crippen molar-refractivity contribution in [1.82, 2.24) is 0 Å². The number of hydrogen-bond acceptors (Lipinski definition) is 6. The van der Waals surface area contributed by atoms with E-state index in [1.54, 1.807) is 20.8 Å². The Kier molecular flexibility index (Phi) is 4.69. The van der Waals surface area contributed by atoms with Crippen LogP contribution in [-0.4, -0.2) is 22.3 Å². The molecule has 1 aliphatic carbocycles. The number of nitriles is 1. The largest absolute Gasteiger partial charge is 0.459 e. The minimum atomic E-state index is -1.45. The first-order chi connectivity index (χ1) is 11.2. The van der Waals surface area contributed by atoms with Gasteiger partial charge in [-0.2, -0.15) is 5.26 Å². The molecule has 7 heteroatoms. The summed E-state index contributed by atoms with van der Waals surface area (Å²) in [6, 6.07) is 5.74. The summed E-state index contributed by atoms with van der Waals surface area (Å²) in [5.41, 5.74) is -1.50. The summed E-state index contributed by atoms with van der Waals surface area (Å²) >= 11 is 0. The molecule has 0 aromatic heterocycles. The van der Waals surface area contributed by atoms with Crippen LogP contribution in [-0.2, 0) is 14.3 Å². The molecule has 7 nitrogen and oxygen atoms in total. The first kappa shape index (κ1) is 17.6. The van der Waals surface area contributed by atoms with Gasteiger partial charge in [0.2, 0.25) is 0 Å². The predicted molar refractivity (Wildman–Crippen MR) is 84.1 cm³/mol. The lowest BCUT2D eigenvalue weighted by molar-refractivity contribution is -0.385. The third-order valence-electron chi connectivity index (χ3n) is 3.60. The summed E-state index contributed by atoms with van der Waals surface area (Å²) in [5, 5.41) is 20.6. The lowest BCUT2D eigenvalue weighted by Crippen LogP contribution is -2.33. The monoisotopic (exact) mass is 330 g/mol. The van der Waals surface area contributed by atoms with Crippen molar-refractivity contribution in [2.45, 2.75) is 45.1 Å². The molecule has 0 spiro atoms. The van der Waals surface area contributed by atoms with E-state index in [1.165, 1.54) is 18.2 Å². The molecule has 1 aromatic carbocycles. The summed E-state index contributed by atoms with van der Waals surface area (Å²) in [4.78, 5) is 35.9. The Balaban J connectivity index is 2.59. The van der Waals surface area contributed by atoms with Gasteiger partial charge in [0.15, 0.2) is 5.78 Å². The van der Waals surface area contributed by atoms with Crippen LogP contribution in [0.15, 0.2) is 18.2 Å². The smallest absolute Gasteiger partial charge is 0.321 e. The molecule has 0 saturated heterocycles. The molecule has 0 N–H and O–H groups in total. The fourth-order valence-electron chi connectivity index (χ4n) is 2.45. The van der Waals surface area contributed by atoms with E-state index in [2.05, 4.69) is 0 Å². The number of ketones is 1. The minimum absolute atomic E-state index is 0.0611. The van der Waals surface area contributed by atoms with Crippen LogP contribution in [0.1, 0.15) is 50.7 Å². The molecule has 1 saturated carbocycles. The average Bonchev–Trinajstić information content (AvgIpc) is 3.29. The third-order valence-corrected chi connectivity index (χ3v) is 3.60. The summed E-state index contributed by atoms with van der Waals surface area (Å²) in [5.74, 6) is -3.04. The van der Waals surface area contributed by atoms with E-state index >= 15 is 0 Å². The highest BCUT2D eigenvalue weighted by Crippen LogP contribution is 2.40. The Morgan fingerprint density at radius 1 is 1.38 bits per heavy atom. The molecule has 0 bridgehead atoms. The van der Waals surface area contributed by atoms with Crippen LogP contribution >= 0.6 is 0 Å². The zero-order valence-electron chi connectivity index (χ0n) is 13.7. The lowest BCUT2D eigenvalue weighted by atomic mass is 9.87. The van der Waals surface area contributed by atoms with Crippen molar-refractivity contribution < 1.29 is 19.2 Å². The third kappa shape index (κ3) is 3.77. The number of carbonyl (C=O) groups excluding carboxylic acids is 2. The van der Waals surface area contributed by atoms with Crippen LogP contribution in [0.3, 0.4) is 0 Å². The highest BCUT2D eigenvalue weighted by Gasteiger charge is 2.44. The van der Waals surface area contributed by atoms with E-state index in [1.807, 2.05) is 6.07 Å². The van der Waals surface area contributed by atoms with Gasteiger partial charge < -0.3 is 4.74 Å². The normalized spacial score (nSPS) is 15.2. The minimum Gasteiger partial charge on any atom is -0.459 e. The zero-order chi connectivity index (χ0) is 18.1. The van der Waals surface area contributed by atoms with E-state index < -0.39 is 33.9 Å². The number of carbonyl (C=O) groups is 2. The van der Waals surface area contributed by atoms with Gasteiger partial charge in [0.1, 0.15) is 11.5 Å². The molecule has 1 aliphatic rings. The van der Waals surface area contributed by atoms with E-state index in [4.69, 9.17) is 4.74 Å². The Morgan fingerprint density at radius 3 is 2.46 bits per heavy atom. The second kappa shape index (κ2) is 6.40. The fourth-order valence-corrected chi connectivity index (χ4v) is 2.45. The van der Waals surface area contributed by atoms with Crippen molar-refractivity contribution in [3.05, 3.63) is 39.4 Å². The number of hydrogen-bond donors (Lipinski definition) is 0.